The average Bonchev–Trinajstić information content (AvgIpc) is 2.52. The van der Waals surface area contributed by atoms with Crippen molar-refractivity contribution in [3.63, 3.8) is 0 Å². The zero-order chi connectivity index (χ0) is 16.6. The van der Waals surface area contributed by atoms with Crippen LogP contribution in [0.4, 0.5) is 0 Å². The Kier molecular flexibility index (Phi) is 4.14. The van der Waals surface area contributed by atoms with Gasteiger partial charge in [0.2, 0.25) is 5.91 Å². The van der Waals surface area contributed by atoms with Crippen LogP contribution in [0.1, 0.15) is 36.3 Å². The molecule has 3 rings (SSSR count). The van der Waals surface area contributed by atoms with Gasteiger partial charge in [0.1, 0.15) is 5.25 Å². The first-order valence-corrected chi connectivity index (χ1v) is 9.42. The van der Waals surface area contributed by atoms with E-state index in [1.165, 1.54) is 4.90 Å². The molecule has 2 heterocycles. The molecule has 0 saturated carbocycles. The van der Waals surface area contributed by atoms with E-state index in [0.717, 1.165) is 5.56 Å². The zero-order valence-electron chi connectivity index (χ0n) is 12.6. The smallest absolute Gasteiger partial charge is 0.312 e. The van der Waals surface area contributed by atoms with E-state index < -0.39 is 32.9 Å². The minimum atomic E-state index is -3.43. The number of carbonyl (C=O) groups is 2. The van der Waals surface area contributed by atoms with Crippen molar-refractivity contribution < 1.29 is 23.1 Å². The Labute approximate surface area is 135 Å². The fourth-order valence-corrected chi connectivity index (χ4v) is 5.29. The topological polar surface area (TPSA) is 91.8 Å². The van der Waals surface area contributed by atoms with E-state index in [1.54, 1.807) is 24.3 Å². The second-order valence-electron chi connectivity index (χ2n) is 6.16. The van der Waals surface area contributed by atoms with E-state index in [4.69, 9.17) is 0 Å². The van der Waals surface area contributed by atoms with Crippen LogP contribution in [0.15, 0.2) is 24.3 Å². The molecule has 1 fully saturated rings. The molecule has 1 N–H and O–H groups in total. The summed E-state index contributed by atoms with van der Waals surface area (Å²) in [5.74, 6) is -2.22. The van der Waals surface area contributed by atoms with Crippen LogP contribution in [0.3, 0.4) is 0 Å². The second-order valence-corrected chi connectivity index (χ2v) is 8.46. The summed E-state index contributed by atoms with van der Waals surface area (Å²) in [5.41, 5.74) is 1.48. The Hall–Kier alpha value is -1.89. The van der Waals surface area contributed by atoms with E-state index in [1.807, 2.05) is 0 Å². The molecule has 0 radical (unpaired) electrons. The summed E-state index contributed by atoms with van der Waals surface area (Å²) in [6, 6.07) is 7.12. The number of fused-ring (bicyclic) bond motifs is 1. The van der Waals surface area contributed by atoms with Crippen LogP contribution < -0.4 is 0 Å². The van der Waals surface area contributed by atoms with Gasteiger partial charge >= 0.3 is 5.97 Å². The molecule has 0 aromatic heterocycles. The van der Waals surface area contributed by atoms with Gasteiger partial charge in [-0.2, -0.15) is 0 Å². The lowest BCUT2D eigenvalue weighted by molar-refractivity contribution is -0.141. The lowest BCUT2D eigenvalue weighted by Gasteiger charge is -2.35. The maximum Gasteiger partial charge on any atom is 0.312 e. The summed E-state index contributed by atoms with van der Waals surface area (Å²) < 4.78 is 24.3. The summed E-state index contributed by atoms with van der Waals surface area (Å²) in [5, 5.41) is 8.42. The number of carboxylic acids is 1. The molecule has 1 amide bonds. The van der Waals surface area contributed by atoms with Gasteiger partial charge in [-0.15, -0.1) is 0 Å². The van der Waals surface area contributed by atoms with Gasteiger partial charge in [-0.3, -0.25) is 9.59 Å². The van der Waals surface area contributed by atoms with Crippen LogP contribution in [-0.2, 0) is 26.0 Å². The van der Waals surface area contributed by atoms with Crippen molar-refractivity contribution in [1.82, 2.24) is 4.90 Å². The largest absolute Gasteiger partial charge is 0.481 e. The molecule has 6 nitrogen and oxygen atoms in total. The van der Waals surface area contributed by atoms with Gasteiger partial charge in [-0.05, 0) is 24.0 Å². The van der Waals surface area contributed by atoms with Crippen LogP contribution >= 0.6 is 0 Å². The number of carboxylic acid groups (broad SMARTS) is 1. The molecule has 0 bridgehead atoms. The molecule has 1 aromatic carbocycles. The molecular weight excluding hydrogens is 318 g/mol. The molecule has 2 aliphatic rings. The van der Waals surface area contributed by atoms with Crippen molar-refractivity contribution in [3.8, 4) is 0 Å². The van der Waals surface area contributed by atoms with E-state index in [2.05, 4.69) is 0 Å². The summed E-state index contributed by atoms with van der Waals surface area (Å²) >= 11 is 0. The van der Waals surface area contributed by atoms with E-state index in [0.29, 0.717) is 24.8 Å². The highest BCUT2D eigenvalue weighted by molar-refractivity contribution is 7.92. The number of sulfone groups is 1. The lowest BCUT2D eigenvalue weighted by Crippen LogP contribution is -2.48. The molecule has 2 atom stereocenters. The Balaban J connectivity index is 1.90. The normalized spacial score (nSPS) is 26.3. The van der Waals surface area contributed by atoms with Crippen molar-refractivity contribution in [2.75, 3.05) is 12.3 Å². The first-order chi connectivity index (χ1) is 10.9. The zero-order valence-corrected chi connectivity index (χ0v) is 13.5. The molecule has 124 valence electrons. The second kappa shape index (κ2) is 5.96. The number of aliphatic carboxylic acids is 1. The van der Waals surface area contributed by atoms with Crippen LogP contribution in [0.25, 0.3) is 0 Å². The van der Waals surface area contributed by atoms with Gasteiger partial charge in [0.25, 0.3) is 0 Å². The summed E-state index contributed by atoms with van der Waals surface area (Å²) in [7, 11) is -3.43. The summed E-state index contributed by atoms with van der Waals surface area (Å²) in [6.45, 7) is 0.294. The molecule has 2 aliphatic heterocycles. The minimum Gasteiger partial charge on any atom is -0.481 e. The van der Waals surface area contributed by atoms with Crippen LogP contribution in [0, 0.1) is 0 Å². The first-order valence-electron chi connectivity index (χ1n) is 7.71. The van der Waals surface area contributed by atoms with Crippen LogP contribution in [0.5, 0.6) is 0 Å². The molecule has 2 unspecified atom stereocenters. The molecule has 1 saturated heterocycles. The van der Waals surface area contributed by atoms with E-state index >= 15 is 0 Å². The molecule has 0 spiro atoms. The van der Waals surface area contributed by atoms with E-state index in [-0.39, 0.29) is 18.8 Å². The molecule has 1 aromatic rings. The van der Waals surface area contributed by atoms with Crippen molar-refractivity contribution in [2.45, 2.75) is 37.0 Å². The predicted molar refractivity (Wildman–Crippen MR) is 83.7 cm³/mol. The Morgan fingerprint density at radius 1 is 1.17 bits per heavy atom. The average molecular weight is 337 g/mol. The van der Waals surface area contributed by atoms with Crippen LogP contribution in [0.2, 0.25) is 0 Å². The summed E-state index contributed by atoms with van der Waals surface area (Å²) in [4.78, 5) is 25.6. The molecule has 7 heteroatoms. The maximum atomic E-state index is 12.7. The van der Waals surface area contributed by atoms with Crippen molar-refractivity contribution in [3.05, 3.63) is 35.4 Å². The number of hydrogen-bond donors (Lipinski definition) is 1. The number of hydrogen-bond acceptors (Lipinski definition) is 4. The van der Waals surface area contributed by atoms with Gasteiger partial charge in [0, 0.05) is 13.1 Å². The van der Waals surface area contributed by atoms with Crippen molar-refractivity contribution in [1.29, 1.82) is 0 Å². The minimum absolute atomic E-state index is 0.0250. The monoisotopic (exact) mass is 337 g/mol. The Morgan fingerprint density at radius 2 is 1.91 bits per heavy atom. The Bertz CT molecular complexity index is 743. The highest BCUT2D eigenvalue weighted by atomic mass is 32.2. The number of rotatable bonds is 2. The summed E-state index contributed by atoms with van der Waals surface area (Å²) in [6.07, 6.45) is 1.63. The predicted octanol–water partition coefficient (Wildman–Crippen LogP) is 1.16. The van der Waals surface area contributed by atoms with Gasteiger partial charge in [-0.1, -0.05) is 30.7 Å². The molecular formula is C16H19NO5S. The Morgan fingerprint density at radius 3 is 2.61 bits per heavy atom. The SMILES string of the molecule is O=C(O)C1CN(C(=O)C2CCCCS2(=O)=O)Cc2ccccc21. The maximum absolute atomic E-state index is 12.7. The highest BCUT2D eigenvalue weighted by Crippen LogP contribution is 2.30. The van der Waals surface area contributed by atoms with Crippen LogP contribution in [-0.4, -0.2) is 47.8 Å². The molecule has 23 heavy (non-hydrogen) atoms. The third-order valence-electron chi connectivity index (χ3n) is 4.66. The van der Waals surface area contributed by atoms with Gasteiger partial charge in [0.05, 0.1) is 11.7 Å². The number of nitrogens with zero attached hydrogens (tertiary/aromatic N) is 1. The molecule has 0 aliphatic carbocycles. The number of amides is 1. The van der Waals surface area contributed by atoms with Gasteiger partial charge in [0.15, 0.2) is 9.84 Å². The first kappa shape index (κ1) is 16.0. The quantitative estimate of drug-likeness (QED) is 0.874. The lowest BCUT2D eigenvalue weighted by atomic mass is 9.89. The van der Waals surface area contributed by atoms with Crippen molar-refractivity contribution >= 4 is 21.7 Å². The van der Waals surface area contributed by atoms with Gasteiger partial charge < -0.3 is 10.0 Å². The van der Waals surface area contributed by atoms with E-state index in [9.17, 15) is 23.1 Å². The fraction of sp³-hybridized carbons (Fsp3) is 0.500. The van der Waals surface area contributed by atoms with Crippen molar-refractivity contribution in [2.24, 2.45) is 0 Å². The van der Waals surface area contributed by atoms with Gasteiger partial charge in [-0.25, -0.2) is 8.42 Å². The standard InChI is InChI=1S/C16H19NO5S/c18-15(14-7-3-4-8-23(14,21)22)17-9-11-5-1-2-6-12(11)13(10-17)16(19)20/h1-2,5-6,13-14H,3-4,7-10H2,(H,19,20). The number of benzene rings is 1. The number of carbonyl (C=O) groups excluding carboxylic acids is 1. The fourth-order valence-electron chi connectivity index (χ4n) is 3.42. The third-order valence-corrected chi connectivity index (χ3v) is 6.82. The third kappa shape index (κ3) is 2.97. The highest BCUT2D eigenvalue weighted by Gasteiger charge is 2.40.